The summed E-state index contributed by atoms with van der Waals surface area (Å²) < 4.78 is 4.91. The number of hydrogen-bond acceptors (Lipinski definition) is 4. The minimum Gasteiger partial charge on any atom is -0.467 e. The molecule has 1 heterocycles. The van der Waals surface area contributed by atoms with E-state index >= 15 is 0 Å². The van der Waals surface area contributed by atoms with Gasteiger partial charge in [-0.05, 0) is 12.8 Å². The molecule has 1 aromatic heterocycles. The third-order valence-corrected chi connectivity index (χ3v) is 1.97. The summed E-state index contributed by atoms with van der Waals surface area (Å²) >= 11 is 0. The van der Waals surface area contributed by atoms with Crippen molar-refractivity contribution in [1.29, 1.82) is 0 Å². The van der Waals surface area contributed by atoms with E-state index in [1.807, 2.05) is 0 Å². The van der Waals surface area contributed by atoms with Crippen LogP contribution in [0, 0.1) is 0 Å². The summed E-state index contributed by atoms with van der Waals surface area (Å²) in [6.07, 6.45) is 3.98. The number of rotatable bonds is 2. The maximum atomic E-state index is 5.70. The van der Waals surface area contributed by atoms with Crippen molar-refractivity contribution in [3.05, 3.63) is 11.9 Å². The Kier molecular flexibility index (Phi) is 1.60. The Bertz CT molecular complexity index is 296. The summed E-state index contributed by atoms with van der Waals surface area (Å²) in [6, 6.07) is 0.408. The number of nitrogens with two attached hydrogens (primary N) is 1. The first-order valence-corrected chi connectivity index (χ1v) is 3.97. The Morgan fingerprint density at radius 3 is 2.92 bits per heavy atom. The van der Waals surface area contributed by atoms with Crippen molar-refractivity contribution in [2.24, 2.45) is 0 Å². The largest absolute Gasteiger partial charge is 0.467 e. The topological polar surface area (TPSA) is 61.0 Å². The molecule has 4 nitrogen and oxygen atoms in total. The second kappa shape index (κ2) is 2.62. The molecule has 1 fully saturated rings. The van der Waals surface area contributed by atoms with Gasteiger partial charge in [0.05, 0.1) is 24.7 Å². The summed E-state index contributed by atoms with van der Waals surface area (Å²) in [5, 5.41) is 0. The third kappa shape index (κ3) is 1.20. The molecule has 4 heteroatoms. The molecule has 0 aromatic carbocycles. The van der Waals surface area contributed by atoms with E-state index in [0.29, 0.717) is 17.6 Å². The molecule has 1 aromatic rings. The Hall–Kier alpha value is -1.32. The lowest BCUT2D eigenvalue weighted by molar-refractivity contribution is 0.378. The number of nitrogen functional groups attached to an aromatic ring is 1. The second-order valence-corrected chi connectivity index (χ2v) is 2.97. The van der Waals surface area contributed by atoms with E-state index < -0.39 is 0 Å². The van der Waals surface area contributed by atoms with Crippen LogP contribution in [0.4, 0.5) is 5.69 Å². The van der Waals surface area contributed by atoms with E-state index in [0.717, 1.165) is 5.69 Å². The maximum absolute atomic E-state index is 5.70. The first-order valence-electron chi connectivity index (χ1n) is 3.97. The van der Waals surface area contributed by atoms with Gasteiger partial charge < -0.3 is 10.5 Å². The Labute approximate surface area is 70.8 Å². The van der Waals surface area contributed by atoms with Gasteiger partial charge in [0.25, 0.3) is 0 Å². The van der Waals surface area contributed by atoms with Crippen molar-refractivity contribution in [2.45, 2.75) is 18.8 Å². The number of aromatic nitrogens is 2. The van der Waals surface area contributed by atoms with Crippen molar-refractivity contribution in [3.63, 3.8) is 0 Å². The molecule has 0 saturated heterocycles. The highest BCUT2D eigenvalue weighted by molar-refractivity contribution is 5.44. The molecule has 0 unspecified atom stereocenters. The molecule has 2 N–H and O–H groups in total. The number of ether oxygens (including phenoxy) is 1. The number of hydrogen-bond donors (Lipinski definition) is 1. The molecular weight excluding hydrogens is 154 g/mol. The lowest BCUT2D eigenvalue weighted by Gasteiger charge is -2.03. The highest BCUT2D eigenvalue weighted by atomic mass is 16.5. The first-order chi connectivity index (χ1) is 5.81. The molecule has 1 saturated carbocycles. The molecule has 0 atom stereocenters. The zero-order valence-corrected chi connectivity index (χ0v) is 6.95. The second-order valence-electron chi connectivity index (χ2n) is 2.97. The normalized spacial score (nSPS) is 16.1. The number of nitrogens with zero attached hydrogens (tertiary/aromatic N) is 2. The van der Waals surface area contributed by atoms with Crippen LogP contribution >= 0.6 is 0 Å². The van der Waals surface area contributed by atoms with Gasteiger partial charge in [-0.1, -0.05) is 0 Å². The molecule has 12 heavy (non-hydrogen) atoms. The highest BCUT2D eigenvalue weighted by Crippen LogP contribution is 2.41. The van der Waals surface area contributed by atoms with E-state index in [1.54, 1.807) is 13.3 Å². The minimum absolute atomic E-state index is 0.408. The standard InChI is InChI=1S/C8H11N3O/c1-12-8-10-4-6(9)7(11-8)5-2-3-5/h4-5H,2-3,9H2,1H3. The van der Waals surface area contributed by atoms with Crippen LogP contribution in [0.25, 0.3) is 0 Å². The van der Waals surface area contributed by atoms with Crippen LogP contribution in [0.2, 0.25) is 0 Å². The SMILES string of the molecule is COc1ncc(N)c(C2CC2)n1. The fourth-order valence-corrected chi connectivity index (χ4v) is 1.17. The Morgan fingerprint density at radius 1 is 1.58 bits per heavy atom. The molecule has 0 aliphatic heterocycles. The van der Waals surface area contributed by atoms with Gasteiger partial charge in [-0.3, -0.25) is 0 Å². The van der Waals surface area contributed by atoms with Crippen LogP contribution in [-0.4, -0.2) is 17.1 Å². The molecule has 0 radical (unpaired) electrons. The molecule has 2 rings (SSSR count). The summed E-state index contributed by atoms with van der Waals surface area (Å²) in [6.45, 7) is 0. The van der Waals surface area contributed by atoms with Crippen LogP contribution in [0.3, 0.4) is 0 Å². The molecule has 1 aliphatic carbocycles. The Morgan fingerprint density at radius 2 is 2.33 bits per heavy atom. The van der Waals surface area contributed by atoms with Gasteiger partial charge in [0, 0.05) is 5.92 Å². The van der Waals surface area contributed by atoms with Crippen molar-refractivity contribution in [1.82, 2.24) is 9.97 Å². The van der Waals surface area contributed by atoms with E-state index in [2.05, 4.69) is 9.97 Å². The van der Waals surface area contributed by atoms with E-state index in [9.17, 15) is 0 Å². The molecular formula is C8H11N3O. The van der Waals surface area contributed by atoms with Crippen molar-refractivity contribution < 1.29 is 4.74 Å². The predicted molar refractivity (Wildman–Crippen MR) is 45.0 cm³/mol. The van der Waals surface area contributed by atoms with E-state index in [4.69, 9.17) is 10.5 Å². The lowest BCUT2D eigenvalue weighted by Crippen LogP contribution is -2.00. The lowest BCUT2D eigenvalue weighted by atomic mass is 10.2. The van der Waals surface area contributed by atoms with Gasteiger partial charge in [-0.25, -0.2) is 4.98 Å². The molecule has 1 aliphatic rings. The average molecular weight is 165 g/mol. The molecule has 0 amide bonds. The van der Waals surface area contributed by atoms with Crippen molar-refractivity contribution in [2.75, 3.05) is 12.8 Å². The fraction of sp³-hybridized carbons (Fsp3) is 0.500. The van der Waals surface area contributed by atoms with Gasteiger partial charge in [-0.2, -0.15) is 4.98 Å². The van der Waals surface area contributed by atoms with Crippen LogP contribution < -0.4 is 10.5 Å². The monoisotopic (exact) mass is 165 g/mol. The van der Waals surface area contributed by atoms with E-state index in [-0.39, 0.29) is 0 Å². The Balaban J connectivity index is 2.36. The summed E-state index contributed by atoms with van der Waals surface area (Å²) in [4.78, 5) is 8.10. The zero-order chi connectivity index (χ0) is 8.55. The van der Waals surface area contributed by atoms with Gasteiger partial charge in [0.2, 0.25) is 0 Å². The fourth-order valence-electron chi connectivity index (χ4n) is 1.17. The van der Waals surface area contributed by atoms with Gasteiger partial charge >= 0.3 is 6.01 Å². The predicted octanol–water partition coefficient (Wildman–Crippen LogP) is 0.945. The van der Waals surface area contributed by atoms with Gasteiger partial charge in [0.15, 0.2) is 0 Å². The van der Waals surface area contributed by atoms with Crippen LogP contribution in [0.5, 0.6) is 6.01 Å². The third-order valence-electron chi connectivity index (χ3n) is 1.97. The first kappa shape index (κ1) is 7.34. The smallest absolute Gasteiger partial charge is 0.316 e. The van der Waals surface area contributed by atoms with Crippen molar-refractivity contribution >= 4 is 5.69 Å². The van der Waals surface area contributed by atoms with Crippen LogP contribution in [-0.2, 0) is 0 Å². The van der Waals surface area contributed by atoms with Crippen molar-refractivity contribution in [3.8, 4) is 6.01 Å². The quantitative estimate of drug-likeness (QED) is 0.708. The summed E-state index contributed by atoms with van der Waals surface area (Å²) in [7, 11) is 1.56. The summed E-state index contributed by atoms with van der Waals surface area (Å²) in [5.41, 5.74) is 7.33. The molecule has 0 bridgehead atoms. The summed E-state index contributed by atoms with van der Waals surface area (Å²) in [5.74, 6) is 0.543. The minimum atomic E-state index is 0.408. The molecule has 64 valence electrons. The van der Waals surface area contributed by atoms with Gasteiger partial charge in [0.1, 0.15) is 0 Å². The molecule has 0 spiro atoms. The number of methoxy groups -OCH3 is 1. The van der Waals surface area contributed by atoms with Crippen LogP contribution in [0.1, 0.15) is 24.5 Å². The highest BCUT2D eigenvalue weighted by Gasteiger charge is 2.27. The average Bonchev–Trinajstić information content (AvgIpc) is 2.88. The number of anilines is 1. The van der Waals surface area contributed by atoms with E-state index in [1.165, 1.54) is 12.8 Å². The van der Waals surface area contributed by atoms with Gasteiger partial charge in [-0.15, -0.1) is 0 Å². The maximum Gasteiger partial charge on any atom is 0.316 e. The zero-order valence-electron chi connectivity index (χ0n) is 6.95. The van der Waals surface area contributed by atoms with Crippen LogP contribution in [0.15, 0.2) is 6.20 Å².